The van der Waals surface area contributed by atoms with Crippen molar-refractivity contribution in [3.8, 4) is 0 Å². The minimum absolute atomic E-state index is 0.205. The van der Waals surface area contributed by atoms with Crippen LogP contribution >= 0.6 is 11.8 Å². The normalized spacial score (nSPS) is 24.6. The molecule has 0 aliphatic carbocycles. The highest BCUT2D eigenvalue weighted by atomic mass is 32.2. The van der Waals surface area contributed by atoms with Crippen LogP contribution in [0.2, 0.25) is 0 Å². The van der Waals surface area contributed by atoms with Crippen molar-refractivity contribution in [1.29, 1.82) is 0 Å². The topological polar surface area (TPSA) is 58.6 Å². The number of amides is 1. The molecule has 1 atom stereocenters. The van der Waals surface area contributed by atoms with Crippen molar-refractivity contribution in [1.82, 2.24) is 19.8 Å². The van der Waals surface area contributed by atoms with Gasteiger partial charge in [-0.05, 0) is 6.42 Å². The zero-order valence-corrected chi connectivity index (χ0v) is 14.6. The van der Waals surface area contributed by atoms with E-state index in [0.29, 0.717) is 6.54 Å². The van der Waals surface area contributed by atoms with Gasteiger partial charge in [0.05, 0.1) is 6.54 Å². The molecule has 0 aromatic carbocycles. The van der Waals surface area contributed by atoms with Crippen molar-refractivity contribution < 1.29 is 9.53 Å². The number of likely N-dealkylation sites (N-methyl/N-ethyl adjacent to an activating group) is 1. The minimum atomic E-state index is -0.317. The molecule has 2 aliphatic heterocycles. The summed E-state index contributed by atoms with van der Waals surface area (Å²) in [6, 6.07) is 0. The molecular weight excluding hydrogens is 312 g/mol. The maximum absolute atomic E-state index is 11.6. The Morgan fingerprint density at radius 2 is 2.13 bits per heavy atom. The van der Waals surface area contributed by atoms with Crippen molar-refractivity contribution in [2.24, 2.45) is 0 Å². The molecule has 2 saturated heterocycles. The number of aromatic nitrogens is 2. The molecule has 7 heteroatoms. The summed E-state index contributed by atoms with van der Waals surface area (Å²) in [6.07, 6.45) is 6.91. The fourth-order valence-corrected chi connectivity index (χ4v) is 4.00. The molecular formula is C16H24N4O2S. The number of carbonyl (C=O) groups excluding carboxylic acids is 1. The van der Waals surface area contributed by atoms with Gasteiger partial charge in [-0.2, -0.15) is 0 Å². The second-order valence-electron chi connectivity index (χ2n) is 6.44. The Hall–Kier alpha value is -1.34. The van der Waals surface area contributed by atoms with Crippen molar-refractivity contribution in [3.05, 3.63) is 18.0 Å². The Balaban J connectivity index is 1.51. The molecule has 0 radical (unpaired) electrons. The Labute approximate surface area is 141 Å². The third-order valence-electron chi connectivity index (χ3n) is 4.35. The van der Waals surface area contributed by atoms with E-state index in [0.717, 1.165) is 42.5 Å². The molecule has 1 amide bonds. The summed E-state index contributed by atoms with van der Waals surface area (Å²) >= 11 is 1.71. The van der Waals surface area contributed by atoms with Crippen molar-refractivity contribution in [2.75, 3.05) is 32.4 Å². The van der Waals surface area contributed by atoms with Crippen LogP contribution in [0.15, 0.2) is 17.6 Å². The summed E-state index contributed by atoms with van der Waals surface area (Å²) < 4.78 is 5.57. The Kier molecular flexibility index (Phi) is 5.06. The molecule has 1 spiro atoms. The summed E-state index contributed by atoms with van der Waals surface area (Å²) in [6.45, 7) is 5.41. The summed E-state index contributed by atoms with van der Waals surface area (Å²) in [4.78, 5) is 24.5. The van der Waals surface area contributed by atoms with Crippen molar-refractivity contribution >= 4 is 17.9 Å². The van der Waals surface area contributed by atoms with E-state index < -0.39 is 0 Å². The van der Waals surface area contributed by atoms with E-state index in [1.54, 1.807) is 23.7 Å². The minimum Gasteiger partial charge on any atom is -0.439 e. The molecule has 0 saturated carbocycles. The van der Waals surface area contributed by atoms with Gasteiger partial charge in [0, 0.05) is 56.8 Å². The Morgan fingerprint density at radius 3 is 2.78 bits per heavy atom. The fourth-order valence-electron chi connectivity index (χ4n) is 3.13. The number of likely N-dealkylation sites (tertiary alicyclic amines) is 1. The van der Waals surface area contributed by atoms with E-state index in [1.165, 1.54) is 12.8 Å². The van der Waals surface area contributed by atoms with Crippen LogP contribution in [0.25, 0.3) is 0 Å². The number of thioether (sulfide) groups is 1. The fraction of sp³-hybridized carbons (Fsp3) is 0.688. The monoisotopic (exact) mass is 336 g/mol. The Morgan fingerprint density at radius 1 is 1.35 bits per heavy atom. The van der Waals surface area contributed by atoms with Crippen LogP contribution in [0.3, 0.4) is 0 Å². The lowest BCUT2D eigenvalue weighted by Crippen LogP contribution is -2.37. The molecule has 3 heterocycles. The van der Waals surface area contributed by atoms with Crippen LogP contribution in [0, 0.1) is 0 Å². The first-order valence-corrected chi connectivity index (χ1v) is 9.19. The van der Waals surface area contributed by atoms with E-state index in [4.69, 9.17) is 4.74 Å². The van der Waals surface area contributed by atoms with E-state index in [-0.39, 0.29) is 11.7 Å². The van der Waals surface area contributed by atoms with Gasteiger partial charge in [0.2, 0.25) is 0 Å². The SMILES string of the molecule is CCCCSc1ncc(CN2CCC3(C2)CN(C)C(=O)O3)cn1. The van der Waals surface area contributed by atoms with Crippen LogP contribution in [0.1, 0.15) is 31.7 Å². The molecule has 6 nitrogen and oxygen atoms in total. The van der Waals surface area contributed by atoms with E-state index in [2.05, 4.69) is 21.8 Å². The third kappa shape index (κ3) is 3.95. The molecule has 1 aromatic rings. The maximum atomic E-state index is 11.6. The van der Waals surface area contributed by atoms with Gasteiger partial charge in [0.15, 0.2) is 5.16 Å². The first-order valence-electron chi connectivity index (χ1n) is 8.20. The second kappa shape index (κ2) is 7.05. The zero-order chi connectivity index (χ0) is 16.3. The van der Waals surface area contributed by atoms with E-state index >= 15 is 0 Å². The standard InChI is InChI=1S/C16H24N4O2S/c1-3-4-7-23-14-17-8-13(9-18-14)10-20-6-5-16(12-20)11-19(2)15(21)22-16/h8-9H,3-7,10-12H2,1-2H3. The summed E-state index contributed by atoms with van der Waals surface area (Å²) in [7, 11) is 1.79. The van der Waals surface area contributed by atoms with Gasteiger partial charge < -0.3 is 9.64 Å². The zero-order valence-electron chi connectivity index (χ0n) is 13.8. The summed E-state index contributed by atoms with van der Waals surface area (Å²) in [5.74, 6) is 1.07. The second-order valence-corrected chi connectivity index (χ2v) is 7.51. The number of carbonyl (C=O) groups is 1. The quantitative estimate of drug-likeness (QED) is 0.452. The van der Waals surface area contributed by atoms with Crippen molar-refractivity contribution in [3.63, 3.8) is 0 Å². The lowest BCUT2D eigenvalue weighted by molar-refractivity contribution is 0.0627. The predicted molar refractivity (Wildman–Crippen MR) is 89.4 cm³/mol. The predicted octanol–water partition coefficient (Wildman–Crippen LogP) is 2.40. The average Bonchev–Trinajstić information content (AvgIpc) is 3.04. The number of ether oxygens (including phenoxy) is 1. The number of nitrogens with zero attached hydrogens (tertiary/aromatic N) is 4. The lowest BCUT2D eigenvalue weighted by atomic mass is 10.0. The van der Waals surface area contributed by atoms with Crippen LogP contribution in [-0.4, -0.2) is 63.9 Å². The summed E-state index contributed by atoms with van der Waals surface area (Å²) in [5.41, 5.74) is 0.794. The number of hydrogen-bond acceptors (Lipinski definition) is 6. The smallest absolute Gasteiger partial charge is 0.410 e. The molecule has 0 N–H and O–H groups in total. The molecule has 0 bridgehead atoms. The van der Waals surface area contributed by atoms with E-state index in [1.807, 2.05) is 12.4 Å². The number of rotatable bonds is 6. The van der Waals surface area contributed by atoms with Gasteiger partial charge in [0.1, 0.15) is 5.60 Å². The van der Waals surface area contributed by atoms with Gasteiger partial charge in [-0.1, -0.05) is 25.1 Å². The van der Waals surface area contributed by atoms with Crippen LogP contribution in [0.4, 0.5) is 4.79 Å². The van der Waals surface area contributed by atoms with Crippen LogP contribution < -0.4 is 0 Å². The van der Waals surface area contributed by atoms with Gasteiger partial charge in [-0.15, -0.1) is 0 Å². The van der Waals surface area contributed by atoms with E-state index in [9.17, 15) is 4.79 Å². The van der Waals surface area contributed by atoms with Gasteiger partial charge >= 0.3 is 6.09 Å². The number of hydrogen-bond donors (Lipinski definition) is 0. The van der Waals surface area contributed by atoms with Crippen LogP contribution in [-0.2, 0) is 11.3 Å². The first kappa shape index (κ1) is 16.5. The maximum Gasteiger partial charge on any atom is 0.410 e. The highest BCUT2D eigenvalue weighted by Gasteiger charge is 2.48. The lowest BCUT2D eigenvalue weighted by Gasteiger charge is -2.21. The average molecular weight is 336 g/mol. The molecule has 1 aromatic heterocycles. The number of unbranched alkanes of at least 4 members (excludes halogenated alkanes) is 1. The third-order valence-corrected chi connectivity index (χ3v) is 5.31. The molecule has 23 heavy (non-hydrogen) atoms. The highest BCUT2D eigenvalue weighted by Crippen LogP contribution is 2.32. The molecule has 2 aliphatic rings. The first-order chi connectivity index (χ1) is 11.1. The van der Waals surface area contributed by atoms with Crippen LogP contribution in [0.5, 0.6) is 0 Å². The van der Waals surface area contributed by atoms with Crippen molar-refractivity contribution in [2.45, 2.75) is 43.5 Å². The van der Waals surface area contributed by atoms with Gasteiger partial charge in [0.25, 0.3) is 0 Å². The van der Waals surface area contributed by atoms with Gasteiger partial charge in [-0.25, -0.2) is 14.8 Å². The molecule has 126 valence electrons. The molecule has 2 fully saturated rings. The largest absolute Gasteiger partial charge is 0.439 e. The molecule has 3 rings (SSSR count). The molecule has 1 unspecified atom stereocenters. The Bertz CT molecular complexity index is 554. The highest BCUT2D eigenvalue weighted by molar-refractivity contribution is 7.99. The van der Waals surface area contributed by atoms with Gasteiger partial charge in [-0.3, -0.25) is 4.90 Å². The summed E-state index contributed by atoms with van der Waals surface area (Å²) in [5, 5.41) is 0.853.